The fourth-order valence-electron chi connectivity index (χ4n) is 9.35. The highest BCUT2D eigenvalue weighted by atomic mass is 16.6. The van der Waals surface area contributed by atoms with Crippen molar-refractivity contribution in [3.63, 3.8) is 0 Å². The van der Waals surface area contributed by atoms with Gasteiger partial charge in [0.15, 0.2) is 0 Å². The number of hydrogen-bond donors (Lipinski definition) is 2. The van der Waals surface area contributed by atoms with Gasteiger partial charge in [-0.05, 0) is 112 Å². The average Bonchev–Trinajstić information content (AvgIpc) is 3.49. The van der Waals surface area contributed by atoms with E-state index in [1.165, 1.54) is 44.1 Å². The summed E-state index contributed by atoms with van der Waals surface area (Å²) in [4.78, 5) is 0. The summed E-state index contributed by atoms with van der Waals surface area (Å²) in [6.45, 7) is 23.2. The molecule has 43 heavy (non-hydrogen) atoms. The first-order chi connectivity index (χ1) is 20.0. The van der Waals surface area contributed by atoms with Crippen molar-refractivity contribution in [3.05, 3.63) is 36.0 Å². The van der Waals surface area contributed by atoms with Crippen LogP contribution in [-0.2, 0) is 4.74 Å². The smallest absolute Gasteiger partial charge is 0.103 e. The Balaban J connectivity index is 1.27. The van der Waals surface area contributed by atoms with E-state index in [4.69, 9.17) is 4.74 Å². The largest absolute Gasteiger partial charge is 0.393 e. The van der Waals surface area contributed by atoms with Gasteiger partial charge in [0.25, 0.3) is 0 Å². The monoisotopic (exact) mass is 599 g/mol. The molecular weight excluding hydrogens is 528 g/mol. The van der Waals surface area contributed by atoms with Crippen LogP contribution in [0.1, 0.15) is 153 Å². The van der Waals surface area contributed by atoms with Crippen molar-refractivity contribution in [1.82, 2.24) is 0 Å². The number of aliphatic hydroxyl groups is 2. The lowest BCUT2D eigenvalue weighted by molar-refractivity contribution is -0.0150. The molecule has 3 rings (SSSR count). The van der Waals surface area contributed by atoms with Crippen LogP contribution in [-0.4, -0.2) is 33.6 Å². The fourth-order valence-corrected chi connectivity index (χ4v) is 9.35. The van der Waals surface area contributed by atoms with Crippen LogP contribution < -0.4 is 0 Å². The molecule has 1 heterocycles. The molecule has 2 N–H and O–H groups in total. The molecule has 0 bridgehead atoms. The normalized spacial score (nSPS) is 36.0. The van der Waals surface area contributed by atoms with Crippen LogP contribution in [0.15, 0.2) is 36.0 Å². The molecule has 1 saturated heterocycles. The van der Waals surface area contributed by atoms with Crippen LogP contribution in [0, 0.1) is 40.4 Å². The molecule has 3 heteroatoms. The SMILES string of the molecule is C/C(=C\C=C\[C@@H](C)C/C=C/C[C@H](C)CCC[C@@H](C)CC[C@@]12O[C@]1(C)C[C@@H](O)CC2(C)C)CC[C@@H]1[C@@H](C)C[C@@H](O)CC1(C)C. The number of fused-ring (bicyclic) bond motifs is 1. The van der Waals surface area contributed by atoms with Crippen molar-refractivity contribution in [2.75, 3.05) is 0 Å². The molecule has 9 atom stereocenters. The molecule has 0 spiro atoms. The third-order valence-electron chi connectivity index (χ3n) is 12.0. The molecule has 0 unspecified atom stereocenters. The van der Waals surface area contributed by atoms with Gasteiger partial charge < -0.3 is 14.9 Å². The lowest BCUT2D eigenvalue weighted by Crippen LogP contribution is -2.47. The molecule has 3 fully saturated rings. The first kappa shape index (κ1) is 36.6. The maximum Gasteiger partial charge on any atom is 0.103 e. The number of hydrogen-bond acceptors (Lipinski definition) is 3. The van der Waals surface area contributed by atoms with E-state index in [-0.39, 0.29) is 34.2 Å². The van der Waals surface area contributed by atoms with E-state index >= 15 is 0 Å². The third-order valence-corrected chi connectivity index (χ3v) is 12.0. The van der Waals surface area contributed by atoms with Crippen molar-refractivity contribution in [3.8, 4) is 0 Å². The van der Waals surface area contributed by atoms with E-state index in [1.807, 2.05) is 0 Å². The van der Waals surface area contributed by atoms with E-state index in [0.717, 1.165) is 56.8 Å². The summed E-state index contributed by atoms with van der Waals surface area (Å²) in [5.74, 6) is 3.33. The summed E-state index contributed by atoms with van der Waals surface area (Å²) in [6.07, 6.45) is 25.9. The second-order valence-corrected chi connectivity index (χ2v) is 17.3. The fraction of sp³-hybridized carbons (Fsp3) is 0.850. The van der Waals surface area contributed by atoms with Crippen LogP contribution in [0.5, 0.6) is 0 Å². The predicted octanol–water partition coefficient (Wildman–Crippen LogP) is 10.6. The van der Waals surface area contributed by atoms with Crippen LogP contribution >= 0.6 is 0 Å². The van der Waals surface area contributed by atoms with Crippen LogP contribution in [0.25, 0.3) is 0 Å². The molecule has 0 aromatic heterocycles. The molecule has 0 amide bonds. The molecule has 248 valence electrons. The van der Waals surface area contributed by atoms with Gasteiger partial charge >= 0.3 is 0 Å². The highest BCUT2D eigenvalue weighted by molar-refractivity contribution is 5.23. The molecule has 1 aliphatic heterocycles. The first-order valence-corrected chi connectivity index (χ1v) is 18.1. The van der Waals surface area contributed by atoms with Gasteiger partial charge in [-0.3, -0.25) is 0 Å². The van der Waals surface area contributed by atoms with E-state index < -0.39 is 0 Å². The standard InChI is InChI=1S/C40H70O3/c1-29(17-13-19-31(3)21-22-36-33(5)25-34(41)26-37(36,6)7)15-11-12-16-30(2)18-14-20-32(4)23-24-40-38(8,9)27-35(42)28-39(40,10)43-40/h11-13,17,19,29-30,32-36,41-42H,14-16,18,20-28H2,1-10H3/b12-11+,17-13+,31-19+/t29-,30-,32+,33-,34+,35-,36+,39+,40-/m0/s1. The van der Waals surface area contributed by atoms with E-state index in [9.17, 15) is 10.2 Å². The highest BCUT2D eigenvalue weighted by Gasteiger charge is 2.75. The second kappa shape index (κ2) is 15.1. The van der Waals surface area contributed by atoms with Crippen molar-refractivity contribution in [2.45, 2.75) is 176 Å². The van der Waals surface area contributed by atoms with E-state index in [2.05, 4.69) is 99.6 Å². The zero-order valence-electron chi connectivity index (χ0n) is 29.9. The Hall–Kier alpha value is -0.900. The van der Waals surface area contributed by atoms with Gasteiger partial charge in [-0.25, -0.2) is 0 Å². The Bertz CT molecular complexity index is 959. The molecule has 3 aliphatic rings. The number of epoxide rings is 1. The summed E-state index contributed by atoms with van der Waals surface area (Å²) in [5.41, 5.74) is 1.61. The van der Waals surface area contributed by atoms with Gasteiger partial charge in [-0.1, -0.05) is 111 Å². The maximum absolute atomic E-state index is 10.3. The molecule has 2 saturated carbocycles. The Labute approximate surface area is 267 Å². The minimum Gasteiger partial charge on any atom is -0.393 e. The molecule has 0 aromatic rings. The van der Waals surface area contributed by atoms with Crippen molar-refractivity contribution < 1.29 is 14.9 Å². The Morgan fingerprint density at radius 1 is 0.884 bits per heavy atom. The minimum absolute atomic E-state index is 0.0240. The first-order valence-electron chi connectivity index (χ1n) is 18.1. The van der Waals surface area contributed by atoms with Crippen molar-refractivity contribution in [2.24, 2.45) is 40.4 Å². The molecule has 0 radical (unpaired) electrons. The van der Waals surface area contributed by atoms with Crippen LogP contribution in [0.3, 0.4) is 0 Å². The number of allylic oxidation sites excluding steroid dienone is 6. The van der Waals surface area contributed by atoms with Crippen LogP contribution in [0.2, 0.25) is 0 Å². The lowest BCUT2D eigenvalue weighted by Gasteiger charge is -2.45. The maximum atomic E-state index is 10.3. The van der Waals surface area contributed by atoms with Gasteiger partial charge in [0.1, 0.15) is 5.60 Å². The van der Waals surface area contributed by atoms with Gasteiger partial charge in [-0.2, -0.15) is 0 Å². The van der Waals surface area contributed by atoms with Gasteiger partial charge in [0.05, 0.1) is 17.8 Å². The Morgan fingerprint density at radius 3 is 2.23 bits per heavy atom. The van der Waals surface area contributed by atoms with Crippen molar-refractivity contribution in [1.29, 1.82) is 0 Å². The summed E-state index contributed by atoms with van der Waals surface area (Å²) in [6, 6.07) is 0. The number of ether oxygens (including phenoxy) is 1. The lowest BCUT2D eigenvalue weighted by atomic mass is 9.61. The Morgan fingerprint density at radius 2 is 1.56 bits per heavy atom. The zero-order valence-corrected chi connectivity index (χ0v) is 29.9. The van der Waals surface area contributed by atoms with Crippen LogP contribution in [0.4, 0.5) is 0 Å². The van der Waals surface area contributed by atoms with Crippen molar-refractivity contribution >= 4 is 0 Å². The molecular formula is C40H70O3. The van der Waals surface area contributed by atoms with Gasteiger partial charge in [-0.15, -0.1) is 0 Å². The minimum atomic E-state index is -0.217. The second-order valence-electron chi connectivity index (χ2n) is 17.3. The number of rotatable bonds is 16. The number of aliphatic hydroxyl groups excluding tert-OH is 2. The topological polar surface area (TPSA) is 53.0 Å². The molecule has 0 aromatic carbocycles. The third kappa shape index (κ3) is 9.79. The quantitative estimate of drug-likeness (QED) is 0.106. The average molecular weight is 599 g/mol. The zero-order chi connectivity index (χ0) is 32.1. The summed E-state index contributed by atoms with van der Waals surface area (Å²) in [7, 11) is 0. The highest BCUT2D eigenvalue weighted by Crippen LogP contribution is 2.67. The summed E-state index contributed by atoms with van der Waals surface area (Å²) in [5, 5.41) is 20.5. The predicted molar refractivity (Wildman–Crippen MR) is 184 cm³/mol. The molecule has 3 nitrogen and oxygen atoms in total. The summed E-state index contributed by atoms with van der Waals surface area (Å²) < 4.78 is 6.40. The Kier molecular flexibility index (Phi) is 12.9. The van der Waals surface area contributed by atoms with E-state index in [1.54, 1.807) is 0 Å². The molecule has 2 aliphatic carbocycles. The van der Waals surface area contributed by atoms with E-state index in [0.29, 0.717) is 17.8 Å². The van der Waals surface area contributed by atoms with Gasteiger partial charge in [0.2, 0.25) is 0 Å². The van der Waals surface area contributed by atoms with Gasteiger partial charge in [0, 0.05) is 6.42 Å². The summed E-state index contributed by atoms with van der Waals surface area (Å²) >= 11 is 0.